The normalized spacial score (nSPS) is 37.8. The lowest BCUT2D eigenvalue weighted by Crippen LogP contribution is -2.30. The van der Waals surface area contributed by atoms with E-state index in [-0.39, 0.29) is 0 Å². The molecule has 110 valence electrons. The van der Waals surface area contributed by atoms with Gasteiger partial charge in [-0.3, -0.25) is 0 Å². The second-order valence-electron chi connectivity index (χ2n) is 6.03. The van der Waals surface area contributed by atoms with Gasteiger partial charge in [-0.05, 0) is 25.2 Å². The molecule has 4 nitrogen and oxygen atoms in total. The van der Waals surface area contributed by atoms with Gasteiger partial charge in [0.05, 0.1) is 11.3 Å². The van der Waals surface area contributed by atoms with Gasteiger partial charge in [0.1, 0.15) is 0 Å². The molecule has 2 saturated heterocycles. The fourth-order valence-electron chi connectivity index (χ4n) is 3.67. The van der Waals surface area contributed by atoms with Crippen molar-refractivity contribution < 1.29 is 4.52 Å². The molecule has 1 aromatic rings. The third kappa shape index (κ3) is 2.62. The molecule has 4 atom stereocenters. The van der Waals surface area contributed by atoms with Crippen molar-refractivity contribution in [3.63, 3.8) is 0 Å². The van der Waals surface area contributed by atoms with Crippen LogP contribution in [0.4, 0.5) is 0 Å². The van der Waals surface area contributed by atoms with E-state index >= 15 is 0 Å². The van der Waals surface area contributed by atoms with Gasteiger partial charge in [-0.1, -0.05) is 18.0 Å². The van der Waals surface area contributed by atoms with Gasteiger partial charge < -0.3 is 9.84 Å². The highest BCUT2D eigenvalue weighted by atomic mass is 32.2. The quantitative estimate of drug-likeness (QED) is 0.905. The largest absolute Gasteiger partial charge is 0.338 e. The monoisotopic (exact) mass is 311 g/mol. The zero-order chi connectivity index (χ0) is 13.4. The molecule has 1 aliphatic carbocycles. The topological polar surface area (TPSA) is 51.0 Å². The predicted octanol–water partition coefficient (Wildman–Crippen LogP) is 3.18. The van der Waals surface area contributed by atoms with Crippen LogP contribution >= 0.6 is 23.5 Å². The van der Waals surface area contributed by atoms with Gasteiger partial charge in [0.2, 0.25) is 5.89 Å². The van der Waals surface area contributed by atoms with Crippen LogP contribution < -0.4 is 5.32 Å². The number of hydrogen-bond donors (Lipinski definition) is 1. The summed E-state index contributed by atoms with van der Waals surface area (Å²) in [6, 6.07) is 0.981. The van der Waals surface area contributed by atoms with Crippen molar-refractivity contribution in [2.24, 2.45) is 5.92 Å². The summed E-state index contributed by atoms with van der Waals surface area (Å²) in [4.78, 5) is 4.70. The molecule has 0 amide bonds. The summed E-state index contributed by atoms with van der Waals surface area (Å²) in [6.45, 7) is 0. The first-order valence-electron chi connectivity index (χ1n) is 7.69. The highest BCUT2D eigenvalue weighted by Crippen LogP contribution is 2.40. The Kier molecular flexibility index (Phi) is 3.96. The maximum absolute atomic E-state index is 5.56. The van der Waals surface area contributed by atoms with E-state index < -0.39 is 0 Å². The van der Waals surface area contributed by atoms with Crippen molar-refractivity contribution >= 4 is 23.5 Å². The average molecular weight is 311 g/mol. The summed E-state index contributed by atoms with van der Waals surface area (Å²) >= 11 is 3.96. The molecule has 3 heterocycles. The van der Waals surface area contributed by atoms with E-state index in [1.807, 2.05) is 23.5 Å². The molecule has 0 aromatic carbocycles. The lowest BCUT2D eigenvalue weighted by Gasteiger charge is -2.24. The molecule has 4 unspecified atom stereocenters. The first kappa shape index (κ1) is 13.5. The molecule has 3 aliphatic rings. The third-order valence-corrected chi connectivity index (χ3v) is 7.47. The molecule has 1 saturated carbocycles. The Morgan fingerprint density at radius 3 is 3.00 bits per heavy atom. The minimum Gasteiger partial charge on any atom is -0.338 e. The number of rotatable bonds is 2. The average Bonchev–Trinajstić information content (AvgIpc) is 3.14. The summed E-state index contributed by atoms with van der Waals surface area (Å²) in [6.07, 6.45) is 6.62. The van der Waals surface area contributed by atoms with Crippen molar-refractivity contribution in [2.75, 3.05) is 17.3 Å². The lowest BCUT2D eigenvalue weighted by molar-refractivity contribution is 0.324. The highest BCUT2D eigenvalue weighted by Gasteiger charge is 2.38. The van der Waals surface area contributed by atoms with Crippen LogP contribution in [0.3, 0.4) is 0 Å². The number of thioether (sulfide) groups is 2. The maximum atomic E-state index is 5.56. The molecule has 0 spiro atoms. The van der Waals surface area contributed by atoms with Crippen molar-refractivity contribution in [3.8, 4) is 0 Å². The second-order valence-corrected chi connectivity index (χ2v) is 8.49. The summed E-state index contributed by atoms with van der Waals surface area (Å²) < 4.78 is 5.56. The van der Waals surface area contributed by atoms with Gasteiger partial charge in [0.15, 0.2) is 5.82 Å². The van der Waals surface area contributed by atoms with Crippen molar-refractivity contribution in [3.05, 3.63) is 11.7 Å². The van der Waals surface area contributed by atoms with Gasteiger partial charge >= 0.3 is 0 Å². The molecule has 0 radical (unpaired) electrons. The molecular formula is C14H21N3OS2. The SMILES string of the molecule is C1CCC2NC(c3nc(C4CSCCS4)no3)CC2C1. The zero-order valence-electron chi connectivity index (χ0n) is 11.6. The summed E-state index contributed by atoms with van der Waals surface area (Å²) in [7, 11) is 0. The Morgan fingerprint density at radius 2 is 2.15 bits per heavy atom. The fourth-order valence-corrected chi connectivity index (χ4v) is 6.26. The number of fused-ring (bicyclic) bond motifs is 1. The van der Waals surface area contributed by atoms with E-state index in [9.17, 15) is 0 Å². The van der Waals surface area contributed by atoms with Gasteiger partial charge in [0.25, 0.3) is 0 Å². The van der Waals surface area contributed by atoms with E-state index in [1.54, 1.807) is 0 Å². The first-order valence-corrected chi connectivity index (χ1v) is 9.89. The zero-order valence-corrected chi connectivity index (χ0v) is 13.2. The molecule has 20 heavy (non-hydrogen) atoms. The van der Waals surface area contributed by atoms with Crippen molar-refractivity contribution in [1.82, 2.24) is 15.5 Å². The molecule has 1 N–H and O–H groups in total. The van der Waals surface area contributed by atoms with Crippen LogP contribution in [-0.4, -0.2) is 33.4 Å². The first-order chi connectivity index (χ1) is 9.90. The molecular weight excluding hydrogens is 290 g/mol. The van der Waals surface area contributed by atoms with Gasteiger partial charge in [0, 0.05) is 23.3 Å². The van der Waals surface area contributed by atoms with E-state index in [2.05, 4.69) is 10.5 Å². The summed E-state index contributed by atoms with van der Waals surface area (Å²) in [5.74, 6) is 6.13. The Morgan fingerprint density at radius 1 is 1.20 bits per heavy atom. The van der Waals surface area contributed by atoms with Crippen LogP contribution in [0.25, 0.3) is 0 Å². The van der Waals surface area contributed by atoms with E-state index in [4.69, 9.17) is 9.51 Å². The Hall–Kier alpha value is -0.200. The second kappa shape index (κ2) is 5.89. The molecule has 6 heteroatoms. The van der Waals surface area contributed by atoms with Gasteiger partial charge in [-0.15, -0.1) is 11.8 Å². The lowest BCUT2D eigenvalue weighted by atomic mass is 9.85. The van der Waals surface area contributed by atoms with E-state index in [1.165, 1.54) is 43.6 Å². The van der Waals surface area contributed by atoms with Crippen molar-refractivity contribution in [1.29, 1.82) is 0 Å². The molecule has 3 fully saturated rings. The van der Waals surface area contributed by atoms with Gasteiger partial charge in [-0.25, -0.2) is 0 Å². The number of nitrogens with zero attached hydrogens (tertiary/aromatic N) is 2. The smallest absolute Gasteiger partial charge is 0.243 e. The third-order valence-electron chi connectivity index (χ3n) is 4.72. The fraction of sp³-hybridized carbons (Fsp3) is 0.857. The highest BCUT2D eigenvalue weighted by molar-refractivity contribution is 8.06. The van der Waals surface area contributed by atoms with Crippen LogP contribution in [0.5, 0.6) is 0 Å². The van der Waals surface area contributed by atoms with Crippen LogP contribution in [0, 0.1) is 5.92 Å². The summed E-state index contributed by atoms with van der Waals surface area (Å²) in [5, 5.41) is 8.38. The Bertz CT molecular complexity index is 447. The summed E-state index contributed by atoms with van der Waals surface area (Å²) in [5.41, 5.74) is 0. The van der Waals surface area contributed by atoms with Crippen molar-refractivity contribution in [2.45, 2.75) is 49.4 Å². The number of hydrogen-bond acceptors (Lipinski definition) is 6. The standard InChI is InChI=1S/C14H21N3OS2/c1-2-4-10-9(3-1)7-11(15-10)14-16-13(17-18-14)12-8-19-5-6-20-12/h9-12,15H,1-8H2. The Balaban J connectivity index is 1.45. The number of nitrogens with one attached hydrogen (secondary N) is 1. The molecule has 1 aromatic heterocycles. The van der Waals surface area contributed by atoms with Crippen LogP contribution in [0.2, 0.25) is 0 Å². The van der Waals surface area contributed by atoms with Crippen LogP contribution in [0.1, 0.15) is 55.1 Å². The minimum absolute atomic E-state index is 0.297. The predicted molar refractivity (Wildman–Crippen MR) is 83.1 cm³/mol. The number of aromatic nitrogens is 2. The van der Waals surface area contributed by atoms with E-state index in [0.717, 1.165) is 23.4 Å². The molecule has 0 bridgehead atoms. The Labute approximate surface area is 128 Å². The molecule has 4 rings (SSSR count). The van der Waals surface area contributed by atoms with E-state index in [0.29, 0.717) is 17.3 Å². The van der Waals surface area contributed by atoms with Crippen LogP contribution in [-0.2, 0) is 0 Å². The minimum atomic E-state index is 0.297. The van der Waals surface area contributed by atoms with Crippen LogP contribution in [0.15, 0.2) is 4.52 Å². The maximum Gasteiger partial charge on any atom is 0.243 e. The molecule has 2 aliphatic heterocycles. The van der Waals surface area contributed by atoms with Gasteiger partial charge in [-0.2, -0.15) is 16.7 Å².